The van der Waals surface area contributed by atoms with Crippen molar-refractivity contribution in [3.8, 4) is 6.07 Å². The number of thioether (sulfide) groups is 2. The van der Waals surface area contributed by atoms with Gasteiger partial charge in [-0.2, -0.15) is 5.26 Å². The number of hydrogen-bond donors (Lipinski definition) is 0. The van der Waals surface area contributed by atoms with Crippen molar-refractivity contribution >= 4 is 28.6 Å². The van der Waals surface area contributed by atoms with Gasteiger partial charge < -0.3 is 4.90 Å². The van der Waals surface area contributed by atoms with Crippen LogP contribution in [0.15, 0.2) is 71.3 Å². The molecule has 0 saturated carbocycles. The predicted octanol–water partition coefficient (Wildman–Crippen LogP) is 4.67. The Bertz CT molecular complexity index is 929. The first-order valence-electron chi connectivity index (χ1n) is 9.03. The van der Waals surface area contributed by atoms with E-state index in [0.29, 0.717) is 12.1 Å². The second-order valence-electron chi connectivity index (χ2n) is 6.79. The second-order valence-corrected chi connectivity index (χ2v) is 8.81. The molecule has 27 heavy (non-hydrogen) atoms. The van der Waals surface area contributed by atoms with Crippen LogP contribution in [-0.4, -0.2) is 40.1 Å². The van der Waals surface area contributed by atoms with Crippen LogP contribution in [0, 0.1) is 11.3 Å². The Balaban J connectivity index is 1.68. The van der Waals surface area contributed by atoms with E-state index in [1.807, 2.05) is 12.1 Å². The largest absolute Gasteiger partial charge is 0.360 e. The van der Waals surface area contributed by atoms with Gasteiger partial charge in [0.1, 0.15) is 13.1 Å². The molecule has 0 amide bonds. The van der Waals surface area contributed by atoms with Gasteiger partial charge in [0.05, 0.1) is 16.8 Å². The molecule has 0 aliphatic carbocycles. The molecule has 2 aromatic rings. The summed E-state index contributed by atoms with van der Waals surface area (Å²) < 4.78 is 2.27. The molecular weight excluding hydrogens is 370 g/mol. The molecule has 4 rings (SSSR count). The Morgan fingerprint density at radius 2 is 1.63 bits per heavy atom. The third-order valence-corrected chi connectivity index (χ3v) is 7.74. The summed E-state index contributed by atoms with van der Waals surface area (Å²) in [6, 6.07) is 24.3. The first-order valence-corrected chi connectivity index (χ1v) is 11.0. The highest BCUT2D eigenvalue weighted by atomic mass is 32.2. The fourth-order valence-corrected chi connectivity index (χ4v) is 6.46. The van der Waals surface area contributed by atoms with Gasteiger partial charge in [0.15, 0.2) is 11.6 Å². The van der Waals surface area contributed by atoms with Crippen LogP contribution in [0.3, 0.4) is 0 Å². The summed E-state index contributed by atoms with van der Waals surface area (Å²) in [5, 5.41) is 12.2. The summed E-state index contributed by atoms with van der Waals surface area (Å²) >= 11 is 3.59. The molecule has 5 heteroatoms. The molecule has 2 heterocycles. The molecule has 2 aromatic carbocycles. The highest BCUT2D eigenvalue weighted by Crippen LogP contribution is 2.43. The van der Waals surface area contributed by atoms with E-state index in [4.69, 9.17) is 0 Å². The average molecular weight is 393 g/mol. The van der Waals surface area contributed by atoms with Gasteiger partial charge >= 0.3 is 0 Å². The zero-order valence-corrected chi connectivity index (χ0v) is 17.1. The number of nitriles is 1. The number of rotatable bonds is 3. The minimum absolute atomic E-state index is 0.316. The molecule has 2 aliphatic rings. The van der Waals surface area contributed by atoms with Crippen molar-refractivity contribution < 1.29 is 4.58 Å². The smallest absolute Gasteiger partial charge is 0.256 e. The standard InChI is InChI=1S/C22H22N3S2/c1-24-19(16-9-5-3-6-10-16)14-26-21(24)18(13-23)22-25(2)20(15-27-22)17-11-7-4-8-12-17/h3-12,19-20H,14-15H2,1-2H3/q+1/t19-,20-/m1/s1. The van der Waals surface area contributed by atoms with Gasteiger partial charge in [0.2, 0.25) is 0 Å². The van der Waals surface area contributed by atoms with Crippen LogP contribution in [-0.2, 0) is 0 Å². The van der Waals surface area contributed by atoms with Crippen molar-refractivity contribution in [2.45, 2.75) is 12.1 Å². The van der Waals surface area contributed by atoms with E-state index in [1.165, 1.54) is 11.1 Å². The van der Waals surface area contributed by atoms with E-state index in [9.17, 15) is 5.26 Å². The lowest BCUT2D eigenvalue weighted by Gasteiger charge is -2.22. The molecule has 3 nitrogen and oxygen atoms in total. The average Bonchev–Trinajstić information content (AvgIpc) is 3.28. The zero-order chi connectivity index (χ0) is 18.8. The Morgan fingerprint density at radius 1 is 1.00 bits per heavy atom. The van der Waals surface area contributed by atoms with Crippen LogP contribution in [0.2, 0.25) is 0 Å². The molecule has 0 unspecified atom stereocenters. The quantitative estimate of drug-likeness (QED) is 0.561. The summed E-state index contributed by atoms with van der Waals surface area (Å²) in [6.07, 6.45) is 0. The lowest BCUT2D eigenvalue weighted by atomic mass is 10.1. The first kappa shape index (κ1) is 18.2. The Labute approximate surface area is 169 Å². The molecule has 0 bridgehead atoms. The van der Waals surface area contributed by atoms with Crippen LogP contribution in [0.5, 0.6) is 0 Å². The maximum Gasteiger partial charge on any atom is 0.256 e. The van der Waals surface area contributed by atoms with E-state index < -0.39 is 0 Å². The topological polar surface area (TPSA) is 30.0 Å². The van der Waals surface area contributed by atoms with Crippen LogP contribution in [0.25, 0.3) is 0 Å². The highest BCUT2D eigenvalue weighted by molar-refractivity contribution is 8.14. The lowest BCUT2D eigenvalue weighted by molar-refractivity contribution is -0.532. The summed E-state index contributed by atoms with van der Waals surface area (Å²) in [7, 11) is 4.22. The molecule has 0 spiro atoms. The summed E-state index contributed by atoms with van der Waals surface area (Å²) in [5.74, 6) is 1.95. The Hall–Kier alpha value is -2.16. The minimum atomic E-state index is 0.316. The monoisotopic (exact) mass is 392 g/mol. The Kier molecular flexibility index (Phi) is 5.29. The van der Waals surface area contributed by atoms with Gasteiger partial charge in [-0.05, 0) is 17.3 Å². The van der Waals surface area contributed by atoms with Gasteiger partial charge in [0, 0.05) is 18.4 Å². The van der Waals surface area contributed by atoms with E-state index in [1.54, 1.807) is 23.5 Å². The molecule has 136 valence electrons. The molecule has 1 fully saturated rings. The van der Waals surface area contributed by atoms with Crippen molar-refractivity contribution in [1.82, 2.24) is 4.90 Å². The third-order valence-electron chi connectivity index (χ3n) is 5.24. The first-order chi connectivity index (χ1) is 13.2. The van der Waals surface area contributed by atoms with Crippen LogP contribution in [0.1, 0.15) is 23.2 Å². The SMILES string of the molecule is CN1/C(=C(/C#N)C2=[N+](C)[C@@H](c3ccccc3)CS2)SC[C@@H]1c1ccccc1. The molecule has 0 N–H and O–H groups in total. The van der Waals surface area contributed by atoms with Crippen molar-refractivity contribution in [2.75, 3.05) is 25.6 Å². The van der Waals surface area contributed by atoms with Crippen LogP contribution < -0.4 is 0 Å². The normalized spacial score (nSPS) is 24.3. The highest BCUT2D eigenvalue weighted by Gasteiger charge is 2.39. The lowest BCUT2D eigenvalue weighted by Crippen LogP contribution is -2.21. The molecule has 0 radical (unpaired) electrons. The van der Waals surface area contributed by atoms with Gasteiger partial charge in [-0.3, -0.25) is 0 Å². The predicted molar refractivity (Wildman–Crippen MR) is 115 cm³/mol. The van der Waals surface area contributed by atoms with Crippen LogP contribution >= 0.6 is 23.5 Å². The number of nitrogens with zero attached hydrogens (tertiary/aromatic N) is 3. The van der Waals surface area contributed by atoms with Gasteiger partial charge in [-0.1, -0.05) is 60.7 Å². The summed E-state index contributed by atoms with van der Waals surface area (Å²) in [5.41, 5.74) is 3.42. The maximum atomic E-state index is 9.99. The van der Waals surface area contributed by atoms with Crippen molar-refractivity contribution in [3.63, 3.8) is 0 Å². The van der Waals surface area contributed by atoms with Crippen molar-refractivity contribution in [3.05, 3.63) is 82.4 Å². The van der Waals surface area contributed by atoms with E-state index in [2.05, 4.69) is 78.2 Å². The van der Waals surface area contributed by atoms with Crippen LogP contribution in [0.4, 0.5) is 0 Å². The fourth-order valence-electron chi connectivity index (χ4n) is 3.70. The molecular formula is C22H22N3S2+. The summed E-state index contributed by atoms with van der Waals surface area (Å²) in [6.45, 7) is 0. The molecule has 2 atom stereocenters. The number of hydrogen-bond acceptors (Lipinski definition) is 4. The van der Waals surface area contributed by atoms with E-state index in [-0.39, 0.29) is 0 Å². The molecule has 1 saturated heterocycles. The summed E-state index contributed by atoms with van der Waals surface area (Å²) in [4.78, 5) is 2.27. The number of benzene rings is 2. The van der Waals surface area contributed by atoms with Crippen molar-refractivity contribution in [2.24, 2.45) is 0 Å². The molecule has 2 aliphatic heterocycles. The van der Waals surface area contributed by atoms with Crippen molar-refractivity contribution in [1.29, 1.82) is 5.26 Å². The van der Waals surface area contributed by atoms with Gasteiger partial charge in [0.25, 0.3) is 5.04 Å². The Morgan fingerprint density at radius 3 is 2.26 bits per heavy atom. The molecule has 0 aromatic heterocycles. The minimum Gasteiger partial charge on any atom is -0.360 e. The van der Waals surface area contributed by atoms with E-state index >= 15 is 0 Å². The van der Waals surface area contributed by atoms with E-state index in [0.717, 1.165) is 27.2 Å². The maximum absolute atomic E-state index is 9.99. The fraction of sp³-hybridized carbons (Fsp3) is 0.273. The second kappa shape index (κ2) is 7.84. The van der Waals surface area contributed by atoms with Gasteiger partial charge in [-0.25, -0.2) is 4.58 Å². The van der Waals surface area contributed by atoms with Gasteiger partial charge in [-0.15, -0.1) is 11.8 Å². The third kappa shape index (κ3) is 3.40. The zero-order valence-electron chi connectivity index (χ0n) is 15.5.